The molecule has 1 aromatic carbocycles. The summed E-state index contributed by atoms with van der Waals surface area (Å²) in [5.74, 6) is -0.223. The number of benzene rings is 1. The highest BCUT2D eigenvalue weighted by molar-refractivity contribution is 7.99. The summed E-state index contributed by atoms with van der Waals surface area (Å²) in [5, 5.41) is 3.45. The number of esters is 1. The van der Waals surface area contributed by atoms with Gasteiger partial charge in [-0.15, -0.1) is 0 Å². The predicted molar refractivity (Wildman–Crippen MR) is 96.6 cm³/mol. The Morgan fingerprint density at radius 3 is 2.24 bits per heavy atom. The van der Waals surface area contributed by atoms with Gasteiger partial charge in [0.1, 0.15) is 0 Å². The lowest BCUT2D eigenvalue weighted by Crippen LogP contribution is -2.24. The lowest BCUT2D eigenvalue weighted by molar-refractivity contribution is -0.118. The van der Waals surface area contributed by atoms with Crippen LogP contribution in [0.5, 0.6) is 0 Å². The number of hydrogen-bond acceptors (Lipinski definition) is 6. The molecule has 1 N–H and O–H groups in total. The van der Waals surface area contributed by atoms with E-state index in [9.17, 15) is 9.59 Å². The van der Waals surface area contributed by atoms with Crippen LogP contribution in [0.2, 0.25) is 0 Å². The van der Waals surface area contributed by atoms with E-state index >= 15 is 0 Å². The molecule has 0 spiro atoms. The number of amides is 1. The Kier molecular flexibility index (Phi) is 6.52. The highest BCUT2D eigenvalue weighted by atomic mass is 32.2. The van der Waals surface area contributed by atoms with Gasteiger partial charge < -0.3 is 10.1 Å². The minimum atomic E-state index is -0.379. The van der Waals surface area contributed by atoms with Crippen molar-refractivity contribution < 1.29 is 14.3 Å². The van der Waals surface area contributed by atoms with Crippen molar-refractivity contribution in [2.45, 2.75) is 32.5 Å². The number of nitrogens with zero attached hydrogens (tertiary/aromatic N) is 2. The standard InChI is InChI=1S/C18H21N3O3S/c1-11-12(2)20-18(21-13(11)3)25-10-16(22)19-9-14-5-7-15(8-6-14)17(23)24-4/h5-8H,9-10H2,1-4H3,(H,19,22). The molecule has 0 saturated carbocycles. The van der Waals surface area contributed by atoms with Gasteiger partial charge in [-0.2, -0.15) is 0 Å². The number of rotatable bonds is 6. The molecule has 0 aliphatic rings. The van der Waals surface area contributed by atoms with E-state index in [1.165, 1.54) is 18.9 Å². The zero-order valence-corrected chi connectivity index (χ0v) is 15.6. The quantitative estimate of drug-likeness (QED) is 0.485. The lowest BCUT2D eigenvalue weighted by Gasteiger charge is -2.08. The van der Waals surface area contributed by atoms with E-state index in [0.717, 1.165) is 22.5 Å². The van der Waals surface area contributed by atoms with Crippen LogP contribution in [0.1, 0.15) is 32.9 Å². The number of thioether (sulfide) groups is 1. The molecule has 1 heterocycles. The third kappa shape index (κ3) is 5.29. The summed E-state index contributed by atoms with van der Waals surface area (Å²) in [6.07, 6.45) is 0. The van der Waals surface area contributed by atoms with Gasteiger partial charge in [-0.1, -0.05) is 23.9 Å². The molecule has 132 valence electrons. The minimum absolute atomic E-state index is 0.0958. The second-order valence-electron chi connectivity index (χ2n) is 5.56. The molecule has 6 nitrogen and oxygen atoms in total. The Morgan fingerprint density at radius 2 is 1.68 bits per heavy atom. The van der Waals surface area contributed by atoms with Gasteiger partial charge in [-0.05, 0) is 44.0 Å². The van der Waals surface area contributed by atoms with E-state index < -0.39 is 0 Å². The Morgan fingerprint density at radius 1 is 1.08 bits per heavy atom. The van der Waals surface area contributed by atoms with Gasteiger partial charge in [0.15, 0.2) is 5.16 Å². The molecular weight excluding hydrogens is 338 g/mol. The average molecular weight is 359 g/mol. The molecule has 2 aromatic rings. The van der Waals surface area contributed by atoms with Gasteiger partial charge in [0.2, 0.25) is 5.91 Å². The third-order valence-corrected chi connectivity index (χ3v) is 4.66. The highest BCUT2D eigenvalue weighted by Gasteiger charge is 2.09. The Balaban J connectivity index is 1.84. The summed E-state index contributed by atoms with van der Waals surface area (Å²) in [5.41, 5.74) is 4.33. The Bertz CT molecular complexity index is 753. The van der Waals surface area contributed by atoms with E-state index in [1.807, 2.05) is 20.8 Å². The average Bonchev–Trinajstić information content (AvgIpc) is 2.62. The maximum absolute atomic E-state index is 12.0. The summed E-state index contributed by atoms with van der Waals surface area (Å²) >= 11 is 1.31. The number of aromatic nitrogens is 2. The molecule has 0 atom stereocenters. The normalized spacial score (nSPS) is 10.4. The van der Waals surface area contributed by atoms with Crippen molar-refractivity contribution in [2.24, 2.45) is 0 Å². The summed E-state index contributed by atoms with van der Waals surface area (Å²) in [7, 11) is 1.34. The Hall–Kier alpha value is -2.41. The molecule has 1 amide bonds. The van der Waals surface area contributed by atoms with Gasteiger partial charge in [-0.3, -0.25) is 4.79 Å². The zero-order valence-electron chi connectivity index (χ0n) is 14.8. The van der Waals surface area contributed by atoms with Crippen LogP contribution in [0.3, 0.4) is 0 Å². The highest BCUT2D eigenvalue weighted by Crippen LogP contribution is 2.16. The molecule has 1 aromatic heterocycles. The van der Waals surface area contributed by atoms with Crippen molar-refractivity contribution in [3.63, 3.8) is 0 Å². The molecule has 0 unspecified atom stereocenters. The largest absolute Gasteiger partial charge is 0.465 e. The van der Waals surface area contributed by atoms with Crippen molar-refractivity contribution in [3.05, 3.63) is 52.3 Å². The smallest absolute Gasteiger partial charge is 0.337 e. The number of nitrogens with one attached hydrogen (secondary N) is 1. The Labute approximate surface area is 151 Å². The molecule has 2 rings (SSSR count). The molecule has 0 radical (unpaired) electrons. The molecule has 7 heteroatoms. The van der Waals surface area contributed by atoms with Gasteiger partial charge in [0.05, 0.1) is 18.4 Å². The zero-order chi connectivity index (χ0) is 18.4. The lowest BCUT2D eigenvalue weighted by atomic mass is 10.1. The first-order valence-electron chi connectivity index (χ1n) is 7.79. The maximum Gasteiger partial charge on any atom is 0.337 e. The number of ether oxygens (including phenoxy) is 1. The molecular formula is C18H21N3O3S. The van der Waals surface area contributed by atoms with Gasteiger partial charge >= 0.3 is 5.97 Å². The fraction of sp³-hybridized carbons (Fsp3) is 0.333. The molecule has 0 fully saturated rings. The van der Waals surface area contributed by atoms with Crippen molar-refractivity contribution in [1.29, 1.82) is 0 Å². The molecule has 25 heavy (non-hydrogen) atoms. The summed E-state index contributed by atoms with van der Waals surface area (Å²) in [6, 6.07) is 6.92. The van der Waals surface area contributed by atoms with Crippen LogP contribution in [0.15, 0.2) is 29.4 Å². The van der Waals surface area contributed by atoms with E-state index in [4.69, 9.17) is 0 Å². The number of aryl methyl sites for hydroxylation is 2. The monoisotopic (exact) mass is 359 g/mol. The van der Waals surface area contributed by atoms with Gasteiger partial charge in [0, 0.05) is 17.9 Å². The van der Waals surface area contributed by atoms with E-state index in [1.54, 1.807) is 24.3 Å². The van der Waals surface area contributed by atoms with Crippen molar-refractivity contribution >= 4 is 23.6 Å². The van der Waals surface area contributed by atoms with Crippen molar-refractivity contribution in [1.82, 2.24) is 15.3 Å². The molecule has 0 aliphatic carbocycles. The summed E-state index contributed by atoms with van der Waals surface area (Å²) in [4.78, 5) is 32.1. The first-order chi connectivity index (χ1) is 11.9. The number of carbonyl (C=O) groups excluding carboxylic acids is 2. The number of hydrogen-bond donors (Lipinski definition) is 1. The van der Waals surface area contributed by atoms with Crippen LogP contribution in [0, 0.1) is 20.8 Å². The van der Waals surface area contributed by atoms with Gasteiger partial charge in [0.25, 0.3) is 0 Å². The maximum atomic E-state index is 12.0. The topological polar surface area (TPSA) is 81.2 Å². The number of carbonyl (C=O) groups is 2. The van der Waals surface area contributed by atoms with Crippen LogP contribution in [0.25, 0.3) is 0 Å². The first kappa shape index (κ1) is 18.9. The SMILES string of the molecule is COC(=O)c1ccc(CNC(=O)CSc2nc(C)c(C)c(C)n2)cc1. The van der Waals surface area contributed by atoms with Crippen molar-refractivity contribution in [3.8, 4) is 0 Å². The van der Waals surface area contributed by atoms with Crippen LogP contribution in [-0.4, -0.2) is 34.7 Å². The first-order valence-corrected chi connectivity index (χ1v) is 8.78. The summed E-state index contributed by atoms with van der Waals surface area (Å²) in [6.45, 7) is 6.25. The second-order valence-corrected chi connectivity index (χ2v) is 6.50. The fourth-order valence-corrected chi connectivity index (χ4v) is 2.83. The van der Waals surface area contributed by atoms with Crippen LogP contribution < -0.4 is 5.32 Å². The van der Waals surface area contributed by atoms with E-state index in [0.29, 0.717) is 17.3 Å². The van der Waals surface area contributed by atoms with E-state index in [-0.39, 0.29) is 17.6 Å². The van der Waals surface area contributed by atoms with Gasteiger partial charge in [-0.25, -0.2) is 14.8 Å². The van der Waals surface area contributed by atoms with Crippen LogP contribution in [-0.2, 0) is 16.1 Å². The van der Waals surface area contributed by atoms with Crippen LogP contribution in [0.4, 0.5) is 0 Å². The summed E-state index contributed by atoms with van der Waals surface area (Å²) < 4.78 is 4.65. The second kappa shape index (κ2) is 8.62. The van der Waals surface area contributed by atoms with Crippen LogP contribution >= 0.6 is 11.8 Å². The predicted octanol–water partition coefficient (Wildman–Crippen LogP) is 2.60. The fourth-order valence-electron chi connectivity index (χ4n) is 2.06. The molecule has 0 saturated heterocycles. The van der Waals surface area contributed by atoms with Crippen molar-refractivity contribution in [2.75, 3.05) is 12.9 Å². The van der Waals surface area contributed by atoms with E-state index in [2.05, 4.69) is 20.0 Å². The number of methoxy groups -OCH3 is 1. The molecule has 0 bridgehead atoms. The third-order valence-electron chi connectivity index (χ3n) is 3.81. The minimum Gasteiger partial charge on any atom is -0.465 e. The molecule has 0 aliphatic heterocycles.